The second-order valence-electron chi connectivity index (χ2n) is 8.16. The number of amides is 1. The zero-order valence-electron chi connectivity index (χ0n) is 18.1. The number of anilines is 1. The second-order valence-corrected chi connectivity index (χ2v) is 11.2. The summed E-state index contributed by atoms with van der Waals surface area (Å²) in [5.74, 6) is -1.08. The first-order valence-corrected chi connectivity index (χ1v) is 13.3. The normalized spacial score (nSPS) is 16.3. The van der Waals surface area contributed by atoms with E-state index in [2.05, 4.69) is 25.6 Å². The van der Waals surface area contributed by atoms with E-state index in [1.54, 1.807) is 42.7 Å². The van der Waals surface area contributed by atoms with E-state index in [-0.39, 0.29) is 23.5 Å². The molecule has 0 aliphatic carbocycles. The Hall–Kier alpha value is -2.85. The van der Waals surface area contributed by atoms with Crippen molar-refractivity contribution in [3.63, 3.8) is 0 Å². The molecule has 0 spiro atoms. The van der Waals surface area contributed by atoms with E-state index in [1.807, 2.05) is 6.07 Å². The van der Waals surface area contributed by atoms with Crippen LogP contribution in [0.2, 0.25) is 5.02 Å². The highest BCUT2D eigenvalue weighted by Gasteiger charge is 2.36. The molecule has 5 rings (SSSR count). The van der Waals surface area contributed by atoms with Gasteiger partial charge in [0.15, 0.2) is 0 Å². The molecule has 1 saturated heterocycles. The number of nitrogens with one attached hydrogen (secondary N) is 1. The van der Waals surface area contributed by atoms with Gasteiger partial charge >= 0.3 is 0 Å². The molecular formula is C25H18BrClFN3O3S. The third kappa shape index (κ3) is 4.81. The maximum atomic E-state index is 15.0. The van der Waals surface area contributed by atoms with Gasteiger partial charge in [0.25, 0.3) is 0 Å². The minimum Gasteiger partial charge on any atom is -0.308 e. The van der Waals surface area contributed by atoms with Crippen LogP contribution in [0.4, 0.5) is 10.1 Å². The predicted octanol–water partition coefficient (Wildman–Crippen LogP) is 5.54. The predicted molar refractivity (Wildman–Crippen MR) is 137 cm³/mol. The SMILES string of the molecule is O=C1C(NS(=O)(=O)c2ccc3cc(Cl)ccc3c2)CCN1c1ccc(-c2cncc(Br)c2)cc1F. The largest absolute Gasteiger partial charge is 0.308 e. The van der Waals surface area contributed by atoms with Gasteiger partial charge in [-0.3, -0.25) is 9.78 Å². The molecule has 3 aromatic carbocycles. The smallest absolute Gasteiger partial charge is 0.245 e. The lowest BCUT2D eigenvalue weighted by Gasteiger charge is -2.19. The summed E-state index contributed by atoms with van der Waals surface area (Å²) < 4.78 is 44.2. The van der Waals surface area contributed by atoms with Gasteiger partial charge in [0, 0.05) is 34.0 Å². The maximum Gasteiger partial charge on any atom is 0.245 e. The van der Waals surface area contributed by atoms with Crippen molar-refractivity contribution < 1.29 is 17.6 Å². The highest BCUT2D eigenvalue weighted by molar-refractivity contribution is 9.10. The summed E-state index contributed by atoms with van der Waals surface area (Å²) in [6.07, 6.45) is 3.47. The molecule has 6 nitrogen and oxygen atoms in total. The Morgan fingerprint density at radius 2 is 1.77 bits per heavy atom. The van der Waals surface area contributed by atoms with Crippen LogP contribution in [0.25, 0.3) is 21.9 Å². The molecule has 1 amide bonds. The van der Waals surface area contributed by atoms with Crippen molar-refractivity contribution in [3.8, 4) is 11.1 Å². The topological polar surface area (TPSA) is 79.4 Å². The molecule has 1 aliphatic heterocycles. The Labute approximate surface area is 214 Å². The van der Waals surface area contributed by atoms with Crippen LogP contribution < -0.4 is 9.62 Å². The molecule has 10 heteroatoms. The molecule has 178 valence electrons. The van der Waals surface area contributed by atoms with Crippen LogP contribution in [-0.2, 0) is 14.8 Å². The summed E-state index contributed by atoms with van der Waals surface area (Å²) >= 11 is 9.34. The first kappa shape index (κ1) is 23.9. The van der Waals surface area contributed by atoms with Gasteiger partial charge in [-0.25, -0.2) is 12.8 Å². The standard InChI is InChI=1S/C25H18BrClFN3O3S/c26-19-9-18(13-29-14-19)17-3-6-24(22(28)12-17)31-8-7-23(25(31)32)30-35(33,34)21-5-2-15-10-20(27)4-1-16(15)11-21/h1-6,9-14,23,30H,7-8H2. The van der Waals surface area contributed by atoms with E-state index >= 15 is 0 Å². The van der Waals surface area contributed by atoms with Crippen LogP contribution in [0.5, 0.6) is 0 Å². The molecule has 1 atom stereocenters. The van der Waals surface area contributed by atoms with Gasteiger partial charge in [0.2, 0.25) is 15.9 Å². The molecule has 1 fully saturated rings. The van der Waals surface area contributed by atoms with E-state index in [4.69, 9.17) is 11.6 Å². The summed E-state index contributed by atoms with van der Waals surface area (Å²) in [6, 6.07) is 15.2. The van der Waals surface area contributed by atoms with Crippen molar-refractivity contribution in [1.82, 2.24) is 9.71 Å². The van der Waals surface area contributed by atoms with Gasteiger partial charge in [-0.15, -0.1) is 0 Å². The van der Waals surface area contributed by atoms with E-state index in [1.165, 1.54) is 29.2 Å². The third-order valence-corrected chi connectivity index (χ3v) is 8.00. The number of sulfonamides is 1. The van der Waals surface area contributed by atoms with Crippen molar-refractivity contribution in [1.29, 1.82) is 0 Å². The van der Waals surface area contributed by atoms with Crippen LogP contribution in [0.15, 0.2) is 82.4 Å². The van der Waals surface area contributed by atoms with E-state index in [9.17, 15) is 17.6 Å². The number of hydrogen-bond acceptors (Lipinski definition) is 4. The first-order chi connectivity index (χ1) is 16.7. The van der Waals surface area contributed by atoms with Crippen LogP contribution in [-0.4, -0.2) is 31.9 Å². The quantitative estimate of drug-likeness (QED) is 0.339. The fourth-order valence-corrected chi connectivity index (χ4v) is 5.92. The number of fused-ring (bicyclic) bond motifs is 1. The molecule has 1 N–H and O–H groups in total. The Bertz CT molecular complexity index is 1580. The average Bonchev–Trinajstić information content (AvgIpc) is 3.17. The number of halogens is 3. The van der Waals surface area contributed by atoms with Crippen LogP contribution in [0.3, 0.4) is 0 Å². The lowest BCUT2D eigenvalue weighted by Crippen LogP contribution is -2.41. The van der Waals surface area contributed by atoms with Gasteiger partial charge in [0.05, 0.1) is 10.6 Å². The van der Waals surface area contributed by atoms with Crippen molar-refractivity contribution in [2.24, 2.45) is 0 Å². The highest BCUT2D eigenvalue weighted by Crippen LogP contribution is 2.30. The van der Waals surface area contributed by atoms with E-state index < -0.39 is 27.8 Å². The molecule has 1 aliphatic rings. The number of carbonyl (C=O) groups excluding carboxylic acids is 1. The molecule has 1 unspecified atom stereocenters. The number of nitrogens with zero attached hydrogens (tertiary/aromatic N) is 2. The molecule has 4 aromatic rings. The molecule has 2 heterocycles. The summed E-state index contributed by atoms with van der Waals surface area (Å²) in [4.78, 5) is 18.4. The van der Waals surface area contributed by atoms with Crippen LogP contribution in [0.1, 0.15) is 6.42 Å². The van der Waals surface area contributed by atoms with Crippen molar-refractivity contribution in [3.05, 3.63) is 88.4 Å². The number of hydrogen-bond donors (Lipinski definition) is 1. The molecule has 0 saturated carbocycles. The number of aromatic nitrogens is 1. The zero-order chi connectivity index (χ0) is 24.7. The van der Waals surface area contributed by atoms with E-state index in [0.717, 1.165) is 15.4 Å². The lowest BCUT2D eigenvalue weighted by atomic mass is 10.1. The van der Waals surface area contributed by atoms with Gasteiger partial charge in [-0.1, -0.05) is 29.8 Å². The first-order valence-electron chi connectivity index (χ1n) is 10.6. The average molecular weight is 575 g/mol. The Morgan fingerprint density at radius 1 is 1.00 bits per heavy atom. The van der Waals surface area contributed by atoms with Gasteiger partial charge in [0.1, 0.15) is 11.9 Å². The lowest BCUT2D eigenvalue weighted by molar-refractivity contribution is -0.118. The summed E-state index contributed by atoms with van der Waals surface area (Å²) in [6.45, 7) is 0.191. The van der Waals surface area contributed by atoms with Crippen molar-refractivity contribution in [2.75, 3.05) is 11.4 Å². The monoisotopic (exact) mass is 573 g/mol. The van der Waals surface area contributed by atoms with Gasteiger partial charge in [-0.05, 0) is 81.2 Å². The van der Waals surface area contributed by atoms with Gasteiger partial charge < -0.3 is 4.90 Å². The molecule has 35 heavy (non-hydrogen) atoms. The summed E-state index contributed by atoms with van der Waals surface area (Å²) in [5.41, 5.74) is 1.44. The molecule has 0 bridgehead atoms. The summed E-state index contributed by atoms with van der Waals surface area (Å²) in [5, 5.41) is 2.06. The number of benzene rings is 3. The number of rotatable bonds is 5. The van der Waals surface area contributed by atoms with Crippen LogP contribution in [0, 0.1) is 5.82 Å². The second kappa shape index (κ2) is 9.31. The van der Waals surface area contributed by atoms with Crippen LogP contribution >= 0.6 is 27.5 Å². The summed E-state index contributed by atoms with van der Waals surface area (Å²) in [7, 11) is -3.98. The molecule has 0 radical (unpaired) electrons. The zero-order valence-corrected chi connectivity index (χ0v) is 21.2. The Morgan fingerprint density at radius 3 is 2.54 bits per heavy atom. The minimum atomic E-state index is -3.98. The maximum absolute atomic E-state index is 15.0. The molecular weight excluding hydrogens is 557 g/mol. The van der Waals surface area contributed by atoms with Crippen molar-refractivity contribution in [2.45, 2.75) is 17.4 Å². The molecule has 1 aromatic heterocycles. The fourth-order valence-electron chi connectivity index (χ4n) is 4.12. The fraction of sp³-hybridized carbons (Fsp3) is 0.120. The Kier molecular flexibility index (Phi) is 6.35. The third-order valence-electron chi connectivity index (χ3n) is 5.86. The van der Waals surface area contributed by atoms with Crippen molar-refractivity contribution >= 4 is 59.9 Å². The number of pyridine rings is 1. The number of carbonyl (C=O) groups is 1. The highest BCUT2D eigenvalue weighted by atomic mass is 79.9. The minimum absolute atomic E-state index is 0.0386. The Balaban J connectivity index is 1.35. The van der Waals surface area contributed by atoms with E-state index in [0.29, 0.717) is 16.0 Å². The van der Waals surface area contributed by atoms with Gasteiger partial charge in [-0.2, -0.15) is 4.72 Å².